The molecule has 1 aromatic carbocycles. The van der Waals surface area contributed by atoms with Gasteiger partial charge in [-0.1, -0.05) is 18.1 Å². The Balaban J connectivity index is 1.93. The van der Waals surface area contributed by atoms with Gasteiger partial charge in [0.05, 0.1) is 5.56 Å². The first kappa shape index (κ1) is 14.6. The van der Waals surface area contributed by atoms with Crippen molar-refractivity contribution in [1.82, 2.24) is 4.90 Å². The minimum absolute atomic E-state index is 0.120. The number of fused-ring (bicyclic) bond motifs is 1. The molecule has 1 heterocycles. The molecule has 3 unspecified atom stereocenters. The number of carbonyl (C=O) groups is 2. The number of amides is 1. The molecule has 0 radical (unpaired) electrons. The Hall–Kier alpha value is -1.36. The molecule has 1 saturated carbocycles. The zero-order valence-electron chi connectivity index (χ0n) is 11.9. The van der Waals surface area contributed by atoms with Crippen LogP contribution in [0.3, 0.4) is 0 Å². The lowest BCUT2D eigenvalue weighted by Gasteiger charge is -2.25. The van der Waals surface area contributed by atoms with E-state index in [1.807, 2.05) is 25.1 Å². The summed E-state index contributed by atoms with van der Waals surface area (Å²) in [5.41, 5.74) is 1.55. The van der Waals surface area contributed by atoms with Gasteiger partial charge in [0.15, 0.2) is 0 Å². The number of likely N-dealkylation sites (tertiary alicyclic amines) is 1. The largest absolute Gasteiger partial charge is 0.480 e. The topological polar surface area (TPSA) is 57.6 Å². The first-order valence-electron chi connectivity index (χ1n) is 7.29. The molecular weight excluding hydrogens is 334 g/mol. The van der Waals surface area contributed by atoms with Crippen molar-refractivity contribution in [3.63, 3.8) is 0 Å². The summed E-state index contributed by atoms with van der Waals surface area (Å²) in [5, 5.41) is 9.54. The standard InChI is InChI=1S/C16H18BrNO3/c1-9-5-6-13(17)12(7-9)15(19)18-8-10-3-2-4-11(10)14(18)16(20)21/h5-7,10-11,14H,2-4,8H2,1H3,(H,20,21). The quantitative estimate of drug-likeness (QED) is 0.890. The molecule has 1 saturated heterocycles. The summed E-state index contributed by atoms with van der Waals surface area (Å²) in [6.45, 7) is 2.50. The molecule has 3 atom stereocenters. The summed E-state index contributed by atoms with van der Waals surface area (Å²) in [4.78, 5) is 26.0. The molecule has 5 heteroatoms. The van der Waals surface area contributed by atoms with Gasteiger partial charge in [-0.2, -0.15) is 0 Å². The van der Waals surface area contributed by atoms with Crippen molar-refractivity contribution in [1.29, 1.82) is 0 Å². The summed E-state index contributed by atoms with van der Waals surface area (Å²) < 4.78 is 0.722. The van der Waals surface area contributed by atoms with E-state index in [0.717, 1.165) is 29.3 Å². The molecule has 0 bridgehead atoms. The Morgan fingerprint density at radius 3 is 2.81 bits per heavy atom. The fourth-order valence-corrected chi connectivity index (χ4v) is 4.20. The lowest BCUT2D eigenvalue weighted by atomic mass is 9.94. The van der Waals surface area contributed by atoms with Crippen molar-refractivity contribution in [3.05, 3.63) is 33.8 Å². The fourth-order valence-electron chi connectivity index (χ4n) is 3.79. The van der Waals surface area contributed by atoms with E-state index in [1.165, 1.54) is 0 Å². The maximum Gasteiger partial charge on any atom is 0.326 e. The van der Waals surface area contributed by atoms with Gasteiger partial charge >= 0.3 is 5.97 Å². The Morgan fingerprint density at radius 1 is 1.33 bits per heavy atom. The van der Waals surface area contributed by atoms with Crippen LogP contribution in [0.15, 0.2) is 22.7 Å². The van der Waals surface area contributed by atoms with Gasteiger partial charge in [-0.3, -0.25) is 4.79 Å². The van der Waals surface area contributed by atoms with E-state index in [4.69, 9.17) is 0 Å². The van der Waals surface area contributed by atoms with E-state index in [1.54, 1.807) is 4.90 Å². The van der Waals surface area contributed by atoms with E-state index in [9.17, 15) is 14.7 Å². The smallest absolute Gasteiger partial charge is 0.326 e. The highest BCUT2D eigenvalue weighted by molar-refractivity contribution is 9.10. The minimum Gasteiger partial charge on any atom is -0.480 e. The highest BCUT2D eigenvalue weighted by Crippen LogP contribution is 2.43. The molecular formula is C16H18BrNO3. The normalized spacial score (nSPS) is 27.7. The van der Waals surface area contributed by atoms with Crippen molar-refractivity contribution < 1.29 is 14.7 Å². The van der Waals surface area contributed by atoms with E-state index < -0.39 is 12.0 Å². The Labute approximate surface area is 132 Å². The fraction of sp³-hybridized carbons (Fsp3) is 0.500. The maximum atomic E-state index is 12.8. The lowest BCUT2D eigenvalue weighted by molar-refractivity contribution is -0.142. The summed E-state index contributed by atoms with van der Waals surface area (Å²) in [7, 11) is 0. The Morgan fingerprint density at radius 2 is 2.10 bits per heavy atom. The van der Waals surface area contributed by atoms with Crippen LogP contribution in [0.1, 0.15) is 35.2 Å². The van der Waals surface area contributed by atoms with Crippen LogP contribution in [0.2, 0.25) is 0 Å². The van der Waals surface area contributed by atoms with Crippen LogP contribution >= 0.6 is 15.9 Å². The van der Waals surface area contributed by atoms with Gasteiger partial charge in [-0.05, 0) is 59.7 Å². The summed E-state index contributed by atoms with van der Waals surface area (Å²) in [6.07, 6.45) is 3.03. The van der Waals surface area contributed by atoms with Gasteiger partial charge < -0.3 is 10.0 Å². The average molecular weight is 352 g/mol. The summed E-state index contributed by atoms with van der Waals surface area (Å²) in [6, 6.07) is 4.92. The monoisotopic (exact) mass is 351 g/mol. The molecule has 0 aromatic heterocycles. The number of carboxylic acids is 1. The number of benzene rings is 1. The van der Waals surface area contributed by atoms with Crippen molar-refractivity contribution in [2.45, 2.75) is 32.2 Å². The summed E-state index contributed by atoms with van der Waals surface area (Å²) in [5.74, 6) is -0.581. The zero-order chi connectivity index (χ0) is 15.1. The molecule has 1 aliphatic carbocycles. The first-order valence-corrected chi connectivity index (χ1v) is 8.08. The number of rotatable bonds is 2. The van der Waals surface area contributed by atoms with Crippen molar-refractivity contribution >= 4 is 27.8 Å². The van der Waals surface area contributed by atoms with E-state index >= 15 is 0 Å². The van der Waals surface area contributed by atoms with Crippen LogP contribution in [0, 0.1) is 18.8 Å². The van der Waals surface area contributed by atoms with Gasteiger partial charge in [-0.25, -0.2) is 4.79 Å². The van der Waals surface area contributed by atoms with Crippen LogP contribution in [-0.4, -0.2) is 34.5 Å². The summed E-state index contributed by atoms with van der Waals surface area (Å²) >= 11 is 3.40. The second-order valence-electron chi connectivity index (χ2n) is 6.08. The van der Waals surface area contributed by atoms with Gasteiger partial charge in [0, 0.05) is 11.0 Å². The van der Waals surface area contributed by atoms with Crippen LogP contribution in [0.25, 0.3) is 0 Å². The molecule has 2 aliphatic rings. The van der Waals surface area contributed by atoms with E-state index in [-0.39, 0.29) is 11.8 Å². The number of halogens is 1. The number of nitrogens with zero attached hydrogens (tertiary/aromatic N) is 1. The number of hydrogen-bond donors (Lipinski definition) is 1. The van der Waals surface area contributed by atoms with Crippen molar-refractivity contribution in [2.24, 2.45) is 11.8 Å². The SMILES string of the molecule is Cc1ccc(Br)c(C(=O)N2CC3CCCC3C2C(=O)O)c1. The predicted octanol–water partition coefficient (Wildman–Crippen LogP) is 3.08. The molecule has 112 valence electrons. The molecule has 2 fully saturated rings. The third-order valence-corrected chi connectivity index (χ3v) is 5.45. The zero-order valence-corrected chi connectivity index (χ0v) is 13.5. The molecule has 1 amide bonds. The Kier molecular flexibility index (Phi) is 3.78. The number of aryl methyl sites for hydroxylation is 1. The molecule has 1 N–H and O–H groups in total. The van der Waals surface area contributed by atoms with E-state index in [2.05, 4.69) is 15.9 Å². The van der Waals surface area contributed by atoms with Crippen LogP contribution in [0.4, 0.5) is 0 Å². The van der Waals surface area contributed by atoms with Crippen molar-refractivity contribution in [2.75, 3.05) is 6.54 Å². The van der Waals surface area contributed by atoms with Gasteiger partial charge in [0.25, 0.3) is 5.91 Å². The molecule has 4 nitrogen and oxygen atoms in total. The van der Waals surface area contributed by atoms with Gasteiger partial charge in [-0.15, -0.1) is 0 Å². The average Bonchev–Trinajstić information content (AvgIpc) is 3.00. The van der Waals surface area contributed by atoms with Crippen LogP contribution < -0.4 is 0 Å². The highest BCUT2D eigenvalue weighted by atomic mass is 79.9. The molecule has 1 aliphatic heterocycles. The number of hydrogen-bond acceptors (Lipinski definition) is 2. The number of carboxylic acid groups (broad SMARTS) is 1. The van der Waals surface area contributed by atoms with Crippen molar-refractivity contribution in [3.8, 4) is 0 Å². The Bertz CT molecular complexity index is 601. The highest BCUT2D eigenvalue weighted by Gasteiger charge is 2.49. The molecule has 21 heavy (non-hydrogen) atoms. The van der Waals surface area contributed by atoms with Gasteiger partial charge in [0.2, 0.25) is 0 Å². The molecule has 0 spiro atoms. The maximum absolute atomic E-state index is 12.8. The molecule has 3 rings (SSSR count). The second kappa shape index (κ2) is 5.44. The van der Waals surface area contributed by atoms with Crippen LogP contribution in [0.5, 0.6) is 0 Å². The predicted molar refractivity (Wildman–Crippen MR) is 82.2 cm³/mol. The second-order valence-corrected chi connectivity index (χ2v) is 6.93. The lowest BCUT2D eigenvalue weighted by Crippen LogP contribution is -2.43. The third kappa shape index (κ3) is 2.48. The first-order chi connectivity index (χ1) is 9.99. The number of aliphatic carboxylic acids is 1. The van der Waals surface area contributed by atoms with Crippen LogP contribution in [-0.2, 0) is 4.79 Å². The minimum atomic E-state index is -0.874. The van der Waals surface area contributed by atoms with E-state index in [0.29, 0.717) is 18.0 Å². The van der Waals surface area contributed by atoms with Gasteiger partial charge in [0.1, 0.15) is 6.04 Å². The third-order valence-electron chi connectivity index (χ3n) is 4.76. The number of carbonyl (C=O) groups excluding carboxylic acids is 1. The molecule has 1 aromatic rings.